The maximum atomic E-state index is 14.6. The number of pyridine rings is 3. The van der Waals surface area contributed by atoms with Crippen molar-refractivity contribution in [1.29, 1.82) is 0 Å². The van der Waals surface area contributed by atoms with Crippen LogP contribution in [0.1, 0.15) is 25.1 Å². The van der Waals surface area contributed by atoms with Crippen LogP contribution in [-0.4, -0.2) is 64.3 Å². The van der Waals surface area contributed by atoms with Crippen LogP contribution in [0.4, 0.5) is 21.6 Å². The molecule has 0 radical (unpaired) electrons. The summed E-state index contributed by atoms with van der Waals surface area (Å²) in [6, 6.07) is 14.9. The molecular weight excluding hydrogens is 513 g/mol. The molecule has 5 heterocycles. The first-order chi connectivity index (χ1) is 18.9. The largest absolute Gasteiger partial charge is 0.368 e. The average molecular weight is 542 g/mol. The lowest BCUT2D eigenvalue weighted by Gasteiger charge is -2.38. The summed E-state index contributed by atoms with van der Waals surface area (Å²) in [5.41, 5.74) is 5.81. The van der Waals surface area contributed by atoms with E-state index in [9.17, 15) is 4.39 Å². The quantitative estimate of drug-likeness (QED) is 0.324. The predicted molar refractivity (Wildman–Crippen MR) is 157 cm³/mol. The maximum absolute atomic E-state index is 14.6. The molecule has 1 aromatic carbocycles. The zero-order valence-electron chi connectivity index (χ0n) is 21.9. The van der Waals surface area contributed by atoms with Gasteiger partial charge in [0.2, 0.25) is 0 Å². The highest BCUT2D eigenvalue weighted by Crippen LogP contribution is 2.28. The number of piperazine rings is 1. The number of nitrogens with one attached hydrogen (secondary N) is 1. The Morgan fingerprint density at radius 2 is 1.77 bits per heavy atom. The Morgan fingerprint density at radius 1 is 0.923 bits per heavy atom. The molecule has 198 valence electrons. The average Bonchev–Trinajstić information content (AvgIpc) is 3.44. The summed E-state index contributed by atoms with van der Waals surface area (Å²) in [4.78, 5) is 23.4. The molecule has 1 N–H and O–H groups in total. The van der Waals surface area contributed by atoms with E-state index in [0.717, 1.165) is 60.0 Å². The monoisotopic (exact) mass is 541 g/mol. The third-order valence-corrected chi connectivity index (χ3v) is 7.46. The van der Waals surface area contributed by atoms with E-state index in [4.69, 9.17) is 16.6 Å². The van der Waals surface area contributed by atoms with E-state index >= 15 is 0 Å². The molecule has 1 saturated heterocycles. The molecule has 2 aliphatic heterocycles. The van der Waals surface area contributed by atoms with Crippen molar-refractivity contribution in [3.8, 4) is 0 Å². The minimum absolute atomic E-state index is 0.365. The molecule has 7 nitrogen and oxygen atoms in total. The van der Waals surface area contributed by atoms with Gasteiger partial charge in [0, 0.05) is 48.4 Å². The highest BCUT2D eigenvalue weighted by Gasteiger charge is 2.21. The van der Waals surface area contributed by atoms with Crippen molar-refractivity contribution in [2.24, 2.45) is 4.99 Å². The van der Waals surface area contributed by atoms with Crippen molar-refractivity contribution >= 4 is 51.1 Å². The predicted octanol–water partition coefficient (Wildman–Crippen LogP) is 5.98. The van der Waals surface area contributed by atoms with Gasteiger partial charge in [0.25, 0.3) is 0 Å². The molecular formula is C30H29ClFN7. The van der Waals surface area contributed by atoms with E-state index in [0.29, 0.717) is 34.6 Å². The van der Waals surface area contributed by atoms with Gasteiger partial charge in [-0.15, -0.1) is 0 Å². The zero-order chi connectivity index (χ0) is 26.9. The fraction of sp³-hybridized carbons (Fsp3) is 0.267. The molecule has 4 aromatic rings. The number of nitrogens with zero attached hydrogens (tertiary/aromatic N) is 6. The van der Waals surface area contributed by atoms with Gasteiger partial charge < -0.3 is 10.2 Å². The number of hydrogen-bond donors (Lipinski definition) is 1. The molecule has 0 bridgehead atoms. The first-order valence-electron chi connectivity index (χ1n) is 13.1. The summed E-state index contributed by atoms with van der Waals surface area (Å²) in [7, 11) is 0. The zero-order valence-corrected chi connectivity index (χ0v) is 22.7. The van der Waals surface area contributed by atoms with E-state index in [1.165, 1.54) is 12.1 Å². The van der Waals surface area contributed by atoms with Crippen molar-refractivity contribution in [1.82, 2.24) is 19.9 Å². The minimum atomic E-state index is -0.365. The smallest absolute Gasteiger partial charge is 0.132 e. The second-order valence-corrected chi connectivity index (χ2v) is 10.5. The summed E-state index contributed by atoms with van der Waals surface area (Å²) in [5.74, 6) is 0.373. The number of halogens is 2. The molecule has 0 aliphatic carbocycles. The summed E-state index contributed by atoms with van der Waals surface area (Å²) in [6.07, 6.45) is 5.64. The van der Waals surface area contributed by atoms with E-state index in [1.54, 1.807) is 12.3 Å². The van der Waals surface area contributed by atoms with E-state index in [1.807, 2.05) is 36.5 Å². The van der Waals surface area contributed by atoms with Crippen LogP contribution in [0.3, 0.4) is 0 Å². The number of allylic oxidation sites excluding steroid dienone is 1. The number of rotatable bonds is 6. The number of aromatic nitrogens is 3. The van der Waals surface area contributed by atoms with Crippen molar-refractivity contribution in [2.75, 3.05) is 42.9 Å². The van der Waals surface area contributed by atoms with Crippen LogP contribution >= 0.6 is 11.6 Å². The molecule has 0 unspecified atom stereocenters. The van der Waals surface area contributed by atoms with E-state index in [2.05, 4.69) is 50.0 Å². The van der Waals surface area contributed by atoms with E-state index in [-0.39, 0.29) is 5.82 Å². The normalized spacial score (nSPS) is 16.1. The molecule has 39 heavy (non-hydrogen) atoms. The maximum Gasteiger partial charge on any atom is 0.132 e. The Labute approximate surface area is 232 Å². The van der Waals surface area contributed by atoms with E-state index < -0.39 is 0 Å². The van der Waals surface area contributed by atoms with Crippen LogP contribution in [0.25, 0.3) is 16.6 Å². The van der Waals surface area contributed by atoms with Crippen LogP contribution < -0.4 is 10.2 Å². The molecule has 2 aliphatic rings. The highest BCUT2D eigenvalue weighted by atomic mass is 35.5. The SMILES string of the molecule is CC(C)N1CCN(c2ccc(Nc3cnc4ccc(C5=CCN=C5c5cc(Cl)ccc5F)nc4c3)nc2)CC1. The van der Waals surface area contributed by atoms with Crippen LogP contribution in [0.15, 0.2) is 72.0 Å². The fourth-order valence-corrected chi connectivity index (χ4v) is 5.23. The standard InChI is InChI=1S/C30H29ClFN7/c1-19(2)38-11-13-39(14-12-38)22-4-8-29(35-18-22)36-21-16-28-27(34-17-21)7-6-26(37-28)23-9-10-33-30(23)24-15-20(31)3-5-25(24)32/h3-9,15-19H,10-14H2,1-2H3,(H,35,36). The van der Waals surface area contributed by atoms with Gasteiger partial charge in [0.1, 0.15) is 11.6 Å². The molecule has 0 spiro atoms. The summed E-state index contributed by atoms with van der Waals surface area (Å²) in [6.45, 7) is 9.08. The van der Waals surface area contributed by atoms with Crippen LogP contribution in [0.5, 0.6) is 0 Å². The topological polar surface area (TPSA) is 69.5 Å². The first-order valence-corrected chi connectivity index (χ1v) is 13.5. The molecule has 6 rings (SSSR count). The number of aliphatic imine (C=N–C) groups is 1. The Hall–Kier alpha value is -3.88. The molecule has 3 aromatic heterocycles. The third kappa shape index (κ3) is 5.35. The summed E-state index contributed by atoms with van der Waals surface area (Å²) >= 11 is 6.13. The Balaban J connectivity index is 1.19. The minimum Gasteiger partial charge on any atom is -0.368 e. The van der Waals surface area contributed by atoms with Gasteiger partial charge >= 0.3 is 0 Å². The van der Waals surface area contributed by atoms with Crippen LogP contribution in [0.2, 0.25) is 5.02 Å². The Bertz CT molecular complexity index is 1570. The highest BCUT2D eigenvalue weighted by molar-refractivity contribution is 6.35. The summed E-state index contributed by atoms with van der Waals surface area (Å²) < 4.78 is 14.6. The van der Waals surface area contributed by atoms with Gasteiger partial charge in [-0.1, -0.05) is 17.7 Å². The van der Waals surface area contributed by atoms with Crippen LogP contribution in [-0.2, 0) is 0 Å². The number of hydrogen-bond acceptors (Lipinski definition) is 7. The van der Waals surface area contributed by atoms with Gasteiger partial charge in [0.15, 0.2) is 0 Å². The first kappa shape index (κ1) is 25.4. The second kappa shape index (κ2) is 10.7. The second-order valence-electron chi connectivity index (χ2n) is 10.0. The fourth-order valence-electron chi connectivity index (χ4n) is 5.06. The lowest BCUT2D eigenvalue weighted by Crippen LogP contribution is -2.48. The Morgan fingerprint density at radius 3 is 2.54 bits per heavy atom. The molecule has 0 saturated carbocycles. The number of fused-ring (bicyclic) bond motifs is 1. The van der Waals surface area contributed by atoms with Gasteiger partial charge in [-0.05, 0) is 62.4 Å². The molecule has 0 amide bonds. The lowest BCUT2D eigenvalue weighted by molar-refractivity contribution is 0.209. The van der Waals surface area contributed by atoms with Crippen molar-refractivity contribution in [2.45, 2.75) is 19.9 Å². The molecule has 0 atom stereocenters. The number of benzene rings is 1. The molecule has 1 fully saturated rings. The van der Waals surface area contributed by atoms with Crippen molar-refractivity contribution in [3.63, 3.8) is 0 Å². The van der Waals surface area contributed by atoms with Gasteiger partial charge in [-0.3, -0.25) is 14.9 Å². The van der Waals surface area contributed by atoms with Crippen LogP contribution in [0, 0.1) is 5.82 Å². The van der Waals surface area contributed by atoms with Crippen molar-refractivity contribution < 1.29 is 4.39 Å². The van der Waals surface area contributed by atoms with Crippen molar-refractivity contribution in [3.05, 3.63) is 89.1 Å². The Kier molecular flexibility index (Phi) is 6.97. The third-order valence-electron chi connectivity index (χ3n) is 7.23. The van der Waals surface area contributed by atoms with Gasteiger partial charge in [-0.25, -0.2) is 14.4 Å². The van der Waals surface area contributed by atoms with Gasteiger partial charge in [0.05, 0.1) is 52.8 Å². The lowest BCUT2D eigenvalue weighted by atomic mass is 10.00. The van der Waals surface area contributed by atoms with Gasteiger partial charge in [-0.2, -0.15) is 0 Å². The number of anilines is 3. The molecule has 9 heteroatoms. The summed E-state index contributed by atoms with van der Waals surface area (Å²) in [5, 5.41) is 3.80.